The van der Waals surface area contributed by atoms with Gasteiger partial charge in [-0.15, -0.1) is 0 Å². The van der Waals surface area contributed by atoms with Crippen molar-refractivity contribution in [1.82, 2.24) is 10.3 Å². The van der Waals surface area contributed by atoms with E-state index in [1.54, 1.807) is 20.4 Å². The van der Waals surface area contributed by atoms with Gasteiger partial charge in [-0.05, 0) is 12.1 Å². The van der Waals surface area contributed by atoms with Crippen molar-refractivity contribution in [2.45, 2.75) is 0 Å². The Morgan fingerprint density at radius 2 is 2.18 bits per heavy atom. The standard InChI is InChI=1S/C12H21N3O2/c1-15(9-7-13-8-10-16-2)12-11(17-3)5-4-6-14-12/h4-6,13H,7-10H2,1-3H3. The fourth-order valence-corrected chi connectivity index (χ4v) is 1.48. The lowest BCUT2D eigenvalue weighted by atomic mass is 10.4. The van der Waals surface area contributed by atoms with Crippen LogP contribution in [-0.4, -0.2) is 52.5 Å². The summed E-state index contributed by atoms with van der Waals surface area (Å²) >= 11 is 0. The van der Waals surface area contributed by atoms with E-state index in [4.69, 9.17) is 9.47 Å². The van der Waals surface area contributed by atoms with Crippen LogP contribution in [0.15, 0.2) is 18.3 Å². The van der Waals surface area contributed by atoms with Crippen LogP contribution in [0.2, 0.25) is 0 Å². The normalized spacial score (nSPS) is 10.3. The van der Waals surface area contributed by atoms with Crippen molar-refractivity contribution < 1.29 is 9.47 Å². The van der Waals surface area contributed by atoms with E-state index in [0.29, 0.717) is 0 Å². The number of ether oxygens (including phenoxy) is 2. The fraction of sp³-hybridized carbons (Fsp3) is 0.583. The highest BCUT2D eigenvalue weighted by Crippen LogP contribution is 2.22. The van der Waals surface area contributed by atoms with Gasteiger partial charge in [0, 0.05) is 40.0 Å². The van der Waals surface area contributed by atoms with Crippen molar-refractivity contribution in [3.8, 4) is 5.75 Å². The van der Waals surface area contributed by atoms with Crippen molar-refractivity contribution in [2.24, 2.45) is 0 Å². The molecule has 0 aliphatic heterocycles. The number of rotatable bonds is 8. The van der Waals surface area contributed by atoms with Gasteiger partial charge in [0.05, 0.1) is 13.7 Å². The Bertz CT molecular complexity index is 320. The summed E-state index contributed by atoms with van der Waals surface area (Å²) in [5.41, 5.74) is 0. The zero-order chi connectivity index (χ0) is 12.5. The molecule has 0 bridgehead atoms. The second kappa shape index (κ2) is 7.86. The van der Waals surface area contributed by atoms with Crippen molar-refractivity contribution in [1.29, 1.82) is 0 Å². The number of likely N-dealkylation sites (N-methyl/N-ethyl adjacent to an activating group) is 1. The maximum atomic E-state index is 5.27. The summed E-state index contributed by atoms with van der Waals surface area (Å²) in [6.07, 6.45) is 1.77. The molecule has 0 amide bonds. The van der Waals surface area contributed by atoms with Gasteiger partial charge in [0.15, 0.2) is 11.6 Å². The molecule has 5 heteroatoms. The molecule has 0 aliphatic carbocycles. The number of nitrogens with zero attached hydrogens (tertiary/aromatic N) is 2. The zero-order valence-electron chi connectivity index (χ0n) is 10.8. The molecule has 0 radical (unpaired) electrons. The number of pyridine rings is 1. The minimum absolute atomic E-state index is 0.733. The summed E-state index contributed by atoms with van der Waals surface area (Å²) in [4.78, 5) is 6.38. The summed E-state index contributed by atoms with van der Waals surface area (Å²) in [5, 5.41) is 3.29. The van der Waals surface area contributed by atoms with Crippen molar-refractivity contribution >= 4 is 5.82 Å². The number of hydrogen-bond donors (Lipinski definition) is 1. The third kappa shape index (κ3) is 4.58. The third-order valence-electron chi connectivity index (χ3n) is 2.44. The topological polar surface area (TPSA) is 46.6 Å². The molecule has 0 aliphatic rings. The zero-order valence-corrected chi connectivity index (χ0v) is 10.8. The lowest BCUT2D eigenvalue weighted by Gasteiger charge is -2.20. The first-order valence-corrected chi connectivity index (χ1v) is 5.69. The Labute approximate surface area is 103 Å². The van der Waals surface area contributed by atoms with Gasteiger partial charge in [-0.25, -0.2) is 4.98 Å². The lowest BCUT2D eigenvalue weighted by Crippen LogP contribution is -2.31. The molecule has 1 heterocycles. The van der Waals surface area contributed by atoms with Gasteiger partial charge in [0.25, 0.3) is 0 Å². The summed E-state index contributed by atoms with van der Waals surface area (Å²) < 4.78 is 10.2. The Hall–Kier alpha value is -1.33. The highest BCUT2D eigenvalue weighted by atomic mass is 16.5. The van der Waals surface area contributed by atoms with Gasteiger partial charge in [-0.1, -0.05) is 0 Å². The second-order valence-corrected chi connectivity index (χ2v) is 3.69. The van der Waals surface area contributed by atoms with E-state index in [1.807, 2.05) is 19.2 Å². The Kier molecular flexibility index (Phi) is 6.35. The number of aromatic nitrogens is 1. The molecule has 1 aromatic heterocycles. The minimum atomic E-state index is 0.733. The van der Waals surface area contributed by atoms with Gasteiger partial charge in [-0.2, -0.15) is 0 Å². The van der Waals surface area contributed by atoms with Crippen LogP contribution < -0.4 is 15.0 Å². The van der Waals surface area contributed by atoms with Crippen LogP contribution in [0.1, 0.15) is 0 Å². The van der Waals surface area contributed by atoms with E-state index >= 15 is 0 Å². The van der Waals surface area contributed by atoms with Crippen LogP contribution in [0.4, 0.5) is 5.82 Å². The molecule has 0 fully saturated rings. The first-order chi connectivity index (χ1) is 8.29. The predicted octanol–water partition coefficient (Wildman–Crippen LogP) is 0.762. The highest BCUT2D eigenvalue weighted by molar-refractivity contribution is 5.51. The molecule has 0 saturated heterocycles. The molecule has 96 valence electrons. The molecule has 1 rings (SSSR count). The molecule has 17 heavy (non-hydrogen) atoms. The maximum absolute atomic E-state index is 5.27. The maximum Gasteiger partial charge on any atom is 0.171 e. The molecular formula is C12H21N3O2. The molecule has 0 saturated carbocycles. The fourth-order valence-electron chi connectivity index (χ4n) is 1.48. The van der Waals surface area contributed by atoms with E-state index in [0.717, 1.165) is 37.8 Å². The molecule has 0 spiro atoms. The van der Waals surface area contributed by atoms with Gasteiger partial charge in [-0.3, -0.25) is 0 Å². The van der Waals surface area contributed by atoms with Crippen molar-refractivity contribution in [2.75, 3.05) is 52.4 Å². The molecule has 5 nitrogen and oxygen atoms in total. The average molecular weight is 239 g/mol. The largest absolute Gasteiger partial charge is 0.493 e. The number of anilines is 1. The van der Waals surface area contributed by atoms with E-state index in [2.05, 4.69) is 15.2 Å². The van der Waals surface area contributed by atoms with E-state index in [9.17, 15) is 0 Å². The Balaban J connectivity index is 2.38. The van der Waals surface area contributed by atoms with Gasteiger partial charge in [0.1, 0.15) is 0 Å². The van der Waals surface area contributed by atoms with E-state index in [-0.39, 0.29) is 0 Å². The first-order valence-electron chi connectivity index (χ1n) is 5.69. The molecule has 1 aromatic rings. The van der Waals surface area contributed by atoms with E-state index in [1.165, 1.54) is 0 Å². The van der Waals surface area contributed by atoms with Crippen molar-refractivity contribution in [3.05, 3.63) is 18.3 Å². The highest BCUT2D eigenvalue weighted by Gasteiger charge is 2.07. The third-order valence-corrected chi connectivity index (χ3v) is 2.44. The summed E-state index contributed by atoms with van der Waals surface area (Å²) in [6.45, 7) is 3.36. The summed E-state index contributed by atoms with van der Waals surface area (Å²) in [6, 6.07) is 3.78. The van der Waals surface area contributed by atoms with E-state index < -0.39 is 0 Å². The van der Waals surface area contributed by atoms with Crippen LogP contribution >= 0.6 is 0 Å². The lowest BCUT2D eigenvalue weighted by molar-refractivity contribution is 0.200. The monoisotopic (exact) mass is 239 g/mol. The Morgan fingerprint density at radius 3 is 2.88 bits per heavy atom. The van der Waals surface area contributed by atoms with Crippen LogP contribution in [0, 0.1) is 0 Å². The van der Waals surface area contributed by atoms with Crippen LogP contribution in [0.25, 0.3) is 0 Å². The quantitative estimate of drug-likeness (QED) is 0.679. The number of hydrogen-bond acceptors (Lipinski definition) is 5. The molecule has 1 N–H and O–H groups in total. The van der Waals surface area contributed by atoms with Crippen LogP contribution in [-0.2, 0) is 4.74 Å². The minimum Gasteiger partial charge on any atom is -0.493 e. The number of nitrogens with one attached hydrogen (secondary N) is 1. The van der Waals surface area contributed by atoms with Gasteiger partial charge in [0.2, 0.25) is 0 Å². The second-order valence-electron chi connectivity index (χ2n) is 3.69. The molecule has 0 atom stereocenters. The van der Waals surface area contributed by atoms with Gasteiger partial charge < -0.3 is 19.7 Å². The molecule has 0 unspecified atom stereocenters. The van der Waals surface area contributed by atoms with Crippen LogP contribution in [0.3, 0.4) is 0 Å². The molecule has 0 aromatic carbocycles. The summed E-state index contributed by atoms with van der Waals surface area (Å²) in [5.74, 6) is 1.66. The summed E-state index contributed by atoms with van der Waals surface area (Å²) in [7, 11) is 5.36. The smallest absolute Gasteiger partial charge is 0.171 e. The number of methoxy groups -OCH3 is 2. The first kappa shape index (κ1) is 13.7. The Morgan fingerprint density at radius 1 is 1.35 bits per heavy atom. The molecular weight excluding hydrogens is 218 g/mol. The average Bonchev–Trinajstić information content (AvgIpc) is 2.38. The van der Waals surface area contributed by atoms with Crippen molar-refractivity contribution in [3.63, 3.8) is 0 Å². The van der Waals surface area contributed by atoms with Crippen LogP contribution in [0.5, 0.6) is 5.75 Å². The predicted molar refractivity (Wildman–Crippen MR) is 68.8 cm³/mol. The SMILES string of the molecule is COCCNCCN(C)c1ncccc1OC. The van der Waals surface area contributed by atoms with Gasteiger partial charge >= 0.3 is 0 Å².